The number of thiophene rings is 2. The van der Waals surface area contributed by atoms with Gasteiger partial charge in [0.15, 0.2) is 0 Å². The van der Waals surface area contributed by atoms with Gasteiger partial charge < -0.3 is 4.90 Å². The van der Waals surface area contributed by atoms with Crippen LogP contribution in [0.15, 0.2) is 88.8 Å². The Labute approximate surface area is 272 Å². The highest BCUT2D eigenvalue weighted by molar-refractivity contribution is 7.16. The third-order valence-corrected chi connectivity index (χ3v) is 10.9. The van der Waals surface area contributed by atoms with Crippen molar-refractivity contribution in [2.75, 3.05) is 4.90 Å². The van der Waals surface area contributed by atoms with Crippen LogP contribution in [0, 0.1) is 22.7 Å². The van der Waals surface area contributed by atoms with Gasteiger partial charge in [-0.2, -0.15) is 10.5 Å². The van der Waals surface area contributed by atoms with Gasteiger partial charge in [-0.25, -0.2) is 9.98 Å². The largest absolute Gasteiger partial charge is 0.311 e. The van der Waals surface area contributed by atoms with Gasteiger partial charge in [-0.15, -0.1) is 22.7 Å². The van der Waals surface area contributed by atoms with Gasteiger partial charge in [0.25, 0.3) is 0 Å². The summed E-state index contributed by atoms with van der Waals surface area (Å²) in [5.74, 6) is 0. The first kappa shape index (κ1) is 28.9. The fourth-order valence-electron chi connectivity index (χ4n) is 6.22. The van der Waals surface area contributed by atoms with Crippen molar-refractivity contribution in [2.45, 2.75) is 51.4 Å². The number of benzene rings is 3. The van der Waals surface area contributed by atoms with Crippen LogP contribution in [0.4, 0.5) is 27.1 Å². The van der Waals surface area contributed by atoms with Crippen molar-refractivity contribution in [3.8, 4) is 12.1 Å². The molecule has 0 atom stereocenters. The van der Waals surface area contributed by atoms with Gasteiger partial charge in [0, 0.05) is 39.2 Å². The highest BCUT2D eigenvalue weighted by Gasteiger charge is 2.21. The Balaban J connectivity index is 1.13. The summed E-state index contributed by atoms with van der Waals surface area (Å²) in [5.41, 5.74) is 9.04. The molecule has 0 unspecified atom stereocenters. The molecule has 5 nitrogen and oxygen atoms in total. The molecule has 2 heterocycles. The lowest BCUT2D eigenvalue weighted by atomic mass is 9.96. The van der Waals surface area contributed by atoms with E-state index in [0.717, 1.165) is 87.8 Å². The summed E-state index contributed by atoms with van der Waals surface area (Å²) in [6.45, 7) is 0. The zero-order valence-electron chi connectivity index (χ0n) is 24.9. The van der Waals surface area contributed by atoms with Crippen molar-refractivity contribution >= 4 is 62.2 Å². The van der Waals surface area contributed by atoms with Crippen molar-refractivity contribution in [2.24, 2.45) is 9.98 Å². The maximum atomic E-state index is 9.79. The van der Waals surface area contributed by atoms with E-state index in [0.29, 0.717) is 0 Å². The van der Waals surface area contributed by atoms with Crippen LogP contribution in [-0.4, -0.2) is 12.4 Å². The lowest BCUT2D eigenvalue weighted by Gasteiger charge is -2.25. The number of hydrogen-bond donors (Lipinski definition) is 0. The summed E-state index contributed by atoms with van der Waals surface area (Å²) >= 11 is 3.34. The number of para-hydroxylation sites is 1. The van der Waals surface area contributed by atoms with Gasteiger partial charge in [-0.05, 0) is 110 Å². The predicted octanol–water partition coefficient (Wildman–Crippen LogP) is 10.3. The number of nitrogens with zero attached hydrogens (tertiary/aromatic N) is 5. The fraction of sp³-hybridized carbons (Fsp3) is 0.211. The van der Waals surface area contributed by atoms with E-state index in [-0.39, 0.29) is 0 Å². The number of fused-ring (bicyclic) bond motifs is 2. The maximum absolute atomic E-state index is 9.79. The number of nitriles is 2. The predicted molar refractivity (Wildman–Crippen MR) is 187 cm³/mol. The second-order valence-electron chi connectivity index (χ2n) is 11.4. The highest BCUT2D eigenvalue weighted by atomic mass is 32.1. The van der Waals surface area contributed by atoms with Crippen LogP contribution in [0.3, 0.4) is 0 Å². The molecule has 220 valence electrons. The SMILES string of the molecule is N#Cc1c(/N=C/c2ccc(N(c3ccccc3)c3ccc(/C=N/c4sc5c(c4C#N)CCCC5)cc3)cc2)sc2c1CCCC2. The molecule has 0 bridgehead atoms. The third kappa shape index (κ3) is 5.98. The first-order chi connectivity index (χ1) is 22.2. The Kier molecular flexibility index (Phi) is 8.38. The Bertz CT molecular complexity index is 1840. The maximum Gasteiger partial charge on any atom is 0.134 e. The molecule has 2 aromatic heterocycles. The van der Waals surface area contributed by atoms with Gasteiger partial charge in [-0.1, -0.05) is 42.5 Å². The van der Waals surface area contributed by atoms with Crippen molar-refractivity contribution in [1.82, 2.24) is 0 Å². The summed E-state index contributed by atoms with van der Waals surface area (Å²) in [7, 11) is 0. The van der Waals surface area contributed by atoms with Crippen molar-refractivity contribution < 1.29 is 0 Å². The van der Waals surface area contributed by atoms with Crippen molar-refractivity contribution in [1.29, 1.82) is 10.5 Å². The summed E-state index contributed by atoms with van der Waals surface area (Å²) in [6, 6.07) is 31.9. The molecule has 45 heavy (non-hydrogen) atoms. The first-order valence-corrected chi connectivity index (χ1v) is 17.1. The topological polar surface area (TPSA) is 75.5 Å². The molecule has 0 spiro atoms. The van der Waals surface area contributed by atoms with Crippen molar-refractivity contribution in [3.05, 3.63) is 122 Å². The molecular weight excluding hydrogens is 591 g/mol. The van der Waals surface area contributed by atoms with E-state index in [9.17, 15) is 10.5 Å². The molecule has 2 aliphatic carbocycles. The molecule has 0 fully saturated rings. The number of aryl methyl sites for hydroxylation is 2. The number of anilines is 3. The van der Waals surface area contributed by atoms with Crippen LogP contribution in [0.5, 0.6) is 0 Å². The summed E-state index contributed by atoms with van der Waals surface area (Å²) in [5, 5.41) is 21.2. The lowest BCUT2D eigenvalue weighted by Crippen LogP contribution is -2.09. The quantitative estimate of drug-likeness (QED) is 0.170. The molecule has 3 aromatic carbocycles. The van der Waals surface area contributed by atoms with Gasteiger partial charge in [0.2, 0.25) is 0 Å². The Morgan fingerprint density at radius 1 is 0.556 bits per heavy atom. The van der Waals surface area contributed by atoms with Gasteiger partial charge in [0.05, 0.1) is 11.1 Å². The molecule has 0 radical (unpaired) electrons. The second kappa shape index (κ2) is 13.0. The van der Waals surface area contributed by atoms with Crippen LogP contribution in [0.1, 0.15) is 68.8 Å². The van der Waals surface area contributed by atoms with Crippen LogP contribution >= 0.6 is 22.7 Å². The van der Waals surface area contributed by atoms with Gasteiger partial charge in [0.1, 0.15) is 22.1 Å². The summed E-state index contributed by atoms with van der Waals surface area (Å²) in [4.78, 5) is 14.4. The standard InChI is InChI=1S/C38H31N5S2/c39-22-33-31-10-4-6-12-35(31)44-37(33)41-24-26-14-18-29(19-15-26)43(28-8-2-1-3-9-28)30-20-16-27(17-21-30)25-42-38-34(23-40)32-11-5-7-13-36(32)45-38/h1-3,8-9,14-21,24-25H,4-7,10-13H2/b41-24+,42-25+. The zero-order chi connectivity index (χ0) is 30.6. The number of hydrogen-bond acceptors (Lipinski definition) is 7. The molecule has 0 saturated carbocycles. The van der Waals surface area contributed by atoms with Gasteiger partial charge in [-0.3, -0.25) is 0 Å². The van der Waals surface area contributed by atoms with E-state index in [1.165, 1.54) is 33.7 Å². The average Bonchev–Trinajstić information content (AvgIpc) is 3.65. The lowest BCUT2D eigenvalue weighted by molar-refractivity contribution is 0.696. The van der Waals surface area contributed by atoms with Crippen molar-refractivity contribution in [3.63, 3.8) is 0 Å². The summed E-state index contributed by atoms with van der Waals surface area (Å²) < 4.78 is 0. The minimum atomic E-state index is 0.756. The molecule has 7 heteroatoms. The molecule has 5 aromatic rings. The Hall–Kier alpha value is -4.82. The number of aliphatic imine (C=N–C) groups is 2. The molecule has 0 amide bonds. The van der Waals surface area contributed by atoms with E-state index in [2.05, 4.69) is 77.7 Å². The third-order valence-electron chi connectivity index (χ3n) is 8.51. The monoisotopic (exact) mass is 621 g/mol. The first-order valence-electron chi connectivity index (χ1n) is 15.4. The average molecular weight is 622 g/mol. The molecular formula is C38H31N5S2. The summed E-state index contributed by atoms with van der Waals surface area (Å²) in [6.07, 6.45) is 12.5. The fourth-order valence-corrected chi connectivity index (χ4v) is 8.59. The minimum Gasteiger partial charge on any atom is -0.311 e. The molecule has 0 aliphatic heterocycles. The second-order valence-corrected chi connectivity index (χ2v) is 13.5. The van der Waals surface area contributed by atoms with E-state index in [1.807, 2.05) is 30.6 Å². The molecule has 2 aliphatic rings. The highest BCUT2D eigenvalue weighted by Crippen LogP contribution is 2.41. The molecule has 7 rings (SSSR count). The zero-order valence-corrected chi connectivity index (χ0v) is 26.5. The van der Waals surface area contributed by atoms with E-state index < -0.39 is 0 Å². The van der Waals surface area contributed by atoms with E-state index in [4.69, 9.17) is 9.98 Å². The minimum absolute atomic E-state index is 0.756. The number of rotatable bonds is 7. The Morgan fingerprint density at radius 2 is 0.978 bits per heavy atom. The Morgan fingerprint density at radius 3 is 1.42 bits per heavy atom. The molecule has 0 N–H and O–H groups in total. The smallest absolute Gasteiger partial charge is 0.134 e. The molecule has 0 saturated heterocycles. The van der Waals surface area contributed by atoms with Crippen LogP contribution < -0.4 is 4.90 Å². The van der Waals surface area contributed by atoms with Crippen LogP contribution in [0.2, 0.25) is 0 Å². The van der Waals surface area contributed by atoms with Crippen LogP contribution in [-0.2, 0) is 25.7 Å². The van der Waals surface area contributed by atoms with E-state index >= 15 is 0 Å². The van der Waals surface area contributed by atoms with E-state index in [1.54, 1.807) is 22.7 Å². The normalized spacial score (nSPS) is 14.2. The van der Waals surface area contributed by atoms with Gasteiger partial charge >= 0.3 is 0 Å². The van der Waals surface area contributed by atoms with Crippen LogP contribution in [0.25, 0.3) is 0 Å².